The Morgan fingerprint density at radius 1 is 1.19 bits per heavy atom. The van der Waals surface area contributed by atoms with Crippen LogP contribution in [0.3, 0.4) is 0 Å². The van der Waals surface area contributed by atoms with Crippen LogP contribution in [0.2, 0.25) is 0 Å². The molecule has 0 fully saturated rings. The molecule has 0 radical (unpaired) electrons. The average Bonchev–Trinajstić information content (AvgIpc) is 2.86. The maximum atomic E-state index is 9.27. The highest BCUT2D eigenvalue weighted by atomic mass is 16.3. The van der Waals surface area contributed by atoms with Gasteiger partial charge in [-0.15, -0.1) is 0 Å². The first kappa shape index (κ1) is 15.7. The summed E-state index contributed by atoms with van der Waals surface area (Å²) in [5.74, 6) is 1.49. The van der Waals surface area contributed by atoms with Gasteiger partial charge in [-0.25, -0.2) is 9.67 Å². The minimum Gasteiger partial charge on any atom is -0.395 e. The molecule has 2 rings (SSSR count). The monoisotopic (exact) mass is 288 g/mol. The molecule has 114 valence electrons. The van der Waals surface area contributed by atoms with Gasteiger partial charge in [0.1, 0.15) is 12.2 Å². The number of aliphatic hydroxyl groups is 1. The SMILES string of the molecule is CC(C)Cn1ncnc1CN(CCO)Cc1ccccc1. The second-order valence-corrected chi connectivity index (χ2v) is 5.67. The molecule has 5 heteroatoms. The summed E-state index contributed by atoms with van der Waals surface area (Å²) < 4.78 is 1.96. The topological polar surface area (TPSA) is 54.2 Å². The fourth-order valence-electron chi connectivity index (χ4n) is 2.31. The van der Waals surface area contributed by atoms with Crippen molar-refractivity contribution in [2.24, 2.45) is 5.92 Å². The van der Waals surface area contributed by atoms with E-state index in [1.54, 1.807) is 6.33 Å². The lowest BCUT2D eigenvalue weighted by molar-refractivity contribution is 0.178. The van der Waals surface area contributed by atoms with E-state index in [0.717, 1.165) is 18.9 Å². The molecule has 0 spiro atoms. The van der Waals surface area contributed by atoms with Gasteiger partial charge in [0.05, 0.1) is 13.2 Å². The van der Waals surface area contributed by atoms with E-state index < -0.39 is 0 Å². The molecule has 0 amide bonds. The number of rotatable bonds is 8. The molecule has 21 heavy (non-hydrogen) atoms. The normalized spacial score (nSPS) is 11.5. The lowest BCUT2D eigenvalue weighted by Crippen LogP contribution is -2.28. The average molecular weight is 288 g/mol. The van der Waals surface area contributed by atoms with Crippen LogP contribution >= 0.6 is 0 Å². The van der Waals surface area contributed by atoms with E-state index in [4.69, 9.17) is 0 Å². The molecule has 0 unspecified atom stereocenters. The molecular formula is C16H24N4O. The summed E-state index contributed by atoms with van der Waals surface area (Å²) in [4.78, 5) is 6.55. The summed E-state index contributed by atoms with van der Waals surface area (Å²) in [7, 11) is 0. The van der Waals surface area contributed by atoms with Crippen LogP contribution in [0.25, 0.3) is 0 Å². The predicted molar refractivity (Wildman–Crippen MR) is 82.5 cm³/mol. The Kier molecular flexibility index (Phi) is 5.90. The summed E-state index contributed by atoms with van der Waals surface area (Å²) in [5, 5.41) is 13.6. The number of nitrogens with zero attached hydrogens (tertiary/aromatic N) is 4. The zero-order valence-corrected chi connectivity index (χ0v) is 12.8. The van der Waals surface area contributed by atoms with Gasteiger partial charge in [0.2, 0.25) is 0 Å². The van der Waals surface area contributed by atoms with Crippen LogP contribution in [0, 0.1) is 5.92 Å². The third-order valence-corrected chi connectivity index (χ3v) is 3.26. The molecule has 0 atom stereocenters. The van der Waals surface area contributed by atoms with Crippen molar-refractivity contribution in [1.29, 1.82) is 0 Å². The van der Waals surface area contributed by atoms with E-state index in [2.05, 4.69) is 41.0 Å². The van der Waals surface area contributed by atoms with E-state index in [9.17, 15) is 5.11 Å². The van der Waals surface area contributed by atoms with Crippen molar-refractivity contribution < 1.29 is 5.11 Å². The van der Waals surface area contributed by atoms with E-state index in [1.807, 2.05) is 22.9 Å². The Bertz CT molecular complexity index is 524. The Labute approximate surface area is 126 Å². The van der Waals surface area contributed by atoms with Crippen LogP contribution < -0.4 is 0 Å². The van der Waals surface area contributed by atoms with E-state index in [0.29, 0.717) is 19.0 Å². The Morgan fingerprint density at radius 3 is 2.62 bits per heavy atom. The van der Waals surface area contributed by atoms with Crippen molar-refractivity contribution in [1.82, 2.24) is 19.7 Å². The molecule has 2 aromatic rings. The van der Waals surface area contributed by atoms with Gasteiger partial charge in [-0.1, -0.05) is 44.2 Å². The minimum absolute atomic E-state index is 0.144. The standard InChI is InChI=1S/C16H24N4O/c1-14(2)10-20-16(17-13-18-20)12-19(8-9-21)11-15-6-4-3-5-7-15/h3-7,13-14,21H,8-12H2,1-2H3. The van der Waals surface area contributed by atoms with Gasteiger partial charge in [-0.05, 0) is 11.5 Å². The fraction of sp³-hybridized carbons (Fsp3) is 0.500. The Balaban J connectivity index is 2.04. The summed E-state index contributed by atoms with van der Waals surface area (Å²) in [6, 6.07) is 10.3. The molecule has 1 aromatic heterocycles. The largest absolute Gasteiger partial charge is 0.395 e. The summed E-state index contributed by atoms with van der Waals surface area (Å²) in [6.07, 6.45) is 1.61. The van der Waals surface area contributed by atoms with Gasteiger partial charge >= 0.3 is 0 Å². The molecule has 1 N–H and O–H groups in total. The maximum absolute atomic E-state index is 9.27. The van der Waals surface area contributed by atoms with Gasteiger partial charge in [0, 0.05) is 19.6 Å². The van der Waals surface area contributed by atoms with Gasteiger partial charge in [0.25, 0.3) is 0 Å². The number of hydrogen-bond acceptors (Lipinski definition) is 4. The number of hydrogen-bond donors (Lipinski definition) is 1. The van der Waals surface area contributed by atoms with Crippen LogP contribution in [0.5, 0.6) is 0 Å². The van der Waals surface area contributed by atoms with Crippen LogP contribution in [0.4, 0.5) is 0 Å². The Hall–Kier alpha value is -1.72. The first-order valence-corrected chi connectivity index (χ1v) is 7.43. The molecular weight excluding hydrogens is 264 g/mol. The molecule has 0 aliphatic rings. The molecule has 0 aliphatic heterocycles. The molecule has 0 bridgehead atoms. The first-order valence-electron chi connectivity index (χ1n) is 7.43. The van der Waals surface area contributed by atoms with Gasteiger partial charge in [0.15, 0.2) is 0 Å². The molecule has 1 heterocycles. The zero-order chi connectivity index (χ0) is 15.1. The number of aromatic nitrogens is 3. The highest BCUT2D eigenvalue weighted by Crippen LogP contribution is 2.09. The van der Waals surface area contributed by atoms with Crippen LogP contribution in [-0.4, -0.2) is 37.9 Å². The van der Waals surface area contributed by atoms with Gasteiger partial charge in [-0.2, -0.15) is 5.10 Å². The maximum Gasteiger partial charge on any atom is 0.141 e. The van der Waals surface area contributed by atoms with E-state index in [1.165, 1.54) is 5.56 Å². The molecule has 1 aromatic carbocycles. The molecule has 0 saturated heterocycles. The van der Waals surface area contributed by atoms with Crippen molar-refractivity contribution in [3.63, 3.8) is 0 Å². The van der Waals surface area contributed by atoms with E-state index in [-0.39, 0.29) is 6.61 Å². The number of benzene rings is 1. The Morgan fingerprint density at radius 2 is 1.95 bits per heavy atom. The highest BCUT2D eigenvalue weighted by molar-refractivity contribution is 5.14. The smallest absolute Gasteiger partial charge is 0.141 e. The third kappa shape index (κ3) is 4.95. The van der Waals surface area contributed by atoms with Crippen LogP contribution in [0.1, 0.15) is 25.2 Å². The quantitative estimate of drug-likeness (QED) is 0.806. The second-order valence-electron chi connectivity index (χ2n) is 5.67. The van der Waals surface area contributed by atoms with Crippen molar-refractivity contribution in [2.75, 3.05) is 13.2 Å². The number of aliphatic hydroxyl groups excluding tert-OH is 1. The van der Waals surface area contributed by atoms with Crippen molar-refractivity contribution >= 4 is 0 Å². The molecule has 5 nitrogen and oxygen atoms in total. The lowest BCUT2D eigenvalue weighted by atomic mass is 10.2. The van der Waals surface area contributed by atoms with Crippen LogP contribution in [-0.2, 0) is 19.6 Å². The predicted octanol–water partition coefficient (Wildman–Crippen LogP) is 1.93. The van der Waals surface area contributed by atoms with Gasteiger partial charge < -0.3 is 5.11 Å². The minimum atomic E-state index is 0.144. The van der Waals surface area contributed by atoms with Gasteiger partial charge in [-0.3, -0.25) is 4.90 Å². The highest BCUT2D eigenvalue weighted by Gasteiger charge is 2.12. The lowest BCUT2D eigenvalue weighted by Gasteiger charge is -2.21. The summed E-state index contributed by atoms with van der Waals surface area (Å²) >= 11 is 0. The van der Waals surface area contributed by atoms with Crippen molar-refractivity contribution in [3.05, 3.63) is 48.0 Å². The fourth-order valence-corrected chi connectivity index (χ4v) is 2.31. The molecule has 0 aliphatic carbocycles. The summed E-state index contributed by atoms with van der Waals surface area (Å²) in [6.45, 7) is 7.47. The third-order valence-electron chi connectivity index (χ3n) is 3.26. The first-order chi connectivity index (χ1) is 10.2. The zero-order valence-electron chi connectivity index (χ0n) is 12.8. The van der Waals surface area contributed by atoms with Crippen LogP contribution in [0.15, 0.2) is 36.7 Å². The van der Waals surface area contributed by atoms with Crippen molar-refractivity contribution in [3.8, 4) is 0 Å². The van der Waals surface area contributed by atoms with E-state index >= 15 is 0 Å². The summed E-state index contributed by atoms with van der Waals surface area (Å²) in [5.41, 5.74) is 1.24. The second kappa shape index (κ2) is 7.90. The molecule has 0 saturated carbocycles. The van der Waals surface area contributed by atoms with Crippen molar-refractivity contribution in [2.45, 2.75) is 33.5 Å².